The van der Waals surface area contributed by atoms with E-state index in [0.717, 1.165) is 6.07 Å². The maximum atomic E-state index is 12.7. The maximum Gasteiger partial charge on any atom is 1.00 e. The van der Waals surface area contributed by atoms with E-state index in [-0.39, 0.29) is 170 Å². The Morgan fingerprint density at radius 2 is 1.17 bits per heavy atom. The number of aromatic nitrogens is 3. The Kier molecular flexibility index (Phi) is 28.8. The third kappa shape index (κ3) is 19.0. The predicted octanol–water partition coefficient (Wildman–Crippen LogP) is -5.43. The first-order valence-corrected chi connectivity index (χ1v) is 23.2. The van der Waals surface area contributed by atoms with Crippen LogP contribution in [-0.2, 0) is 52.3 Å². The average Bonchev–Trinajstić information content (AvgIpc) is 3.27. The number of fused-ring (bicyclic) bond motifs is 1. The first-order chi connectivity index (χ1) is 31.2. The number of aryl methyl sites for hydroxylation is 2. The fourth-order valence-electron chi connectivity index (χ4n) is 5.51. The normalized spacial score (nSPS) is 11.5. The van der Waals surface area contributed by atoms with Gasteiger partial charge >= 0.3 is 118 Å². The molecule has 6 aromatic rings. The molecule has 0 unspecified atom stereocenters. The van der Waals surface area contributed by atoms with Crippen molar-refractivity contribution in [3.8, 4) is 0 Å². The number of halogens is 1. The van der Waals surface area contributed by atoms with Gasteiger partial charge in [-0.1, -0.05) is 6.07 Å². The van der Waals surface area contributed by atoms with Gasteiger partial charge in [0.05, 0.1) is 63.3 Å². The second-order valence-corrected chi connectivity index (χ2v) is 18.4. The average molecular weight is 1100 g/mol. The number of hydrogen-bond acceptors (Lipinski definition) is 27. The molecule has 6 rings (SSSR count). The minimum atomic E-state index is -4.95. The number of benzene rings is 5. The third-order valence-corrected chi connectivity index (χ3v) is 12.7. The Hall–Kier alpha value is -1.03. The monoisotopic (exact) mass is 1100 g/mol. The first kappa shape index (κ1) is 64.1. The number of anilines is 4. The minimum absolute atomic E-state index is 0. The number of nitrogens with zero attached hydrogens (tertiary/aromatic N) is 7. The number of nitrogens with one attached hydrogen (secondary N) is 2. The standard InChI is InChI=1S/C35H30ClN9O15S5.4Na/c1-19-16-30(44-45-31-18-23(62-59-56-47)6-12-32(31)65(51,52)53)20(2)15-29(19)43-42-28-11-10-27(25-9-5-22(17-26(25)28)61-58-55-46)38-35-40-33(36)39-34(41-35)37-21-3-7-24(8-4-21)64(49,50)14-13-54-63-60-57-48;;;;/h3-12,15-18,46-48H,13-14H2,1-2H3,(H,51,52,53)(H2,37,38,39,40,41);;;;/q;4*+1/p-4. The van der Waals surface area contributed by atoms with Crippen LogP contribution in [0.15, 0.2) is 125 Å². The summed E-state index contributed by atoms with van der Waals surface area (Å²) in [5.41, 5.74) is 2.87. The van der Waals surface area contributed by atoms with E-state index in [1.165, 1.54) is 36.4 Å². The third-order valence-electron chi connectivity index (χ3n) is 8.39. The molecule has 5 aromatic carbocycles. The second kappa shape index (κ2) is 31.0. The Balaban J connectivity index is 0.00000408. The van der Waals surface area contributed by atoms with E-state index in [1.54, 1.807) is 56.3 Å². The zero-order valence-corrected chi connectivity index (χ0v) is 49.5. The minimum Gasteiger partial charge on any atom is -0.744 e. The van der Waals surface area contributed by atoms with E-state index < -0.39 is 30.6 Å². The van der Waals surface area contributed by atoms with Crippen LogP contribution in [0.3, 0.4) is 0 Å². The van der Waals surface area contributed by atoms with Gasteiger partial charge in [0.1, 0.15) is 15.8 Å². The van der Waals surface area contributed by atoms with Crippen LogP contribution in [0.4, 0.5) is 46.0 Å². The Morgan fingerprint density at radius 1 is 0.623 bits per heavy atom. The first-order valence-electron chi connectivity index (χ1n) is 17.6. The molecule has 0 saturated heterocycles. The fraction of sp³-hybridized carbons (Fsp3) is 0.114. The molecule has 342 valence electrons. The molecule has 0 saturated carbocycles. The molecule has 0 amide bonds. The van der Waals surface area contributed by atoms with E-state index in [9.17, 15) is 37.2 Å². The number of rotatable bonds is 22. The summed E-state index contributed by atoms with van der Waals surface area (Å²) in [7, 11) is -8.70. The SMILES string of the molecule is Cc1cc(N=Nc2ccc(Nc3nc(Cl)nc(Nc4ccc(S(=O)(=O)CCOSOO[O-])cc4)n3)c3ccc(SOO[O-])cc23)c(C)cc1N=Nc1cc(SOO[O-])ccc1S(=O)(=O)[O-].[Na+].[Na+].[Na+].[Na+]. The van der Waals surface area contributed by atoms with Crippen LogP contribution in [0.5, 0.6) is 0 Å². The zero-order valence-electron chi connectivity index (χ0n) is 36.7. The molecule has 0 aliphatic carbocycles. The molecule has 0 radical (unpaired) electrons. The van der Waals surface area contributed by atoms with E-state index >= 15 is 0 Å². The second-order valence-electron chi connectivity index (χ2n) is 12.6. The molecule has 2 N–H and O–H groups in total. The van der Waals surface area contributed by atoms with Gasteiger partial charge in [0.15, 0.2) is 22.2 Å². The molecule has 0 spiro atoms. The molecule has 1 heterocycles. The Labute approximate surface area is 499 Å². The topological polar surface area (TPSA) is 337 Å². The molecule has 69 heavy (non-hydrogen) atoms. The molecule has 0 bridgehead atoms. The van der Waals surface area contributed by atoms with Gasteiger partial charge in [-0.2, -0.15) is 33.8 Å². The van der Waals surface area contributed by atoms with Gasteiger partial charge in [0.2, 0.25) is 17.2 Å². The smallest absolute Gasteiger partial charge is 0.744 e. The summed E-state index contributed by atoms with van der Waals surface area (Å²) in [6.07, 6.45) is 0. The predicted molar refractivity (Wildman–Crippen MR) is 224 cm³/mol. The Morgan fingerprint density at radius 3 is 1.77 bits per heavy atom. The van der Waals surface area contributed by atoms with Crippen molar-refractivity contribution < 1.29 is 188 Å². The van der Waals surface area contributed by atoms with Crippen molar-refractivity contribution in [2.24, 2.45) is 20.5 Å². The summed E-state index contributed by atoms with van der Waals surface area (Å²) >= 11 is 7.60. The van der Waals surface area contributed by atoms with Gasteiger partial charge in [-0.3, -0.25) is 19.3 Å². The maximum absolute atomic E-state index is 12.7. The summed E-state index contributed by atoms with van der Waals surface area (Å²) in [5, 5.41) is 64.8. The Bertz CT molecular complexity index is 2960. The molecule has 0 fully saturated rings. The quantitative estimate of drug-likeness (QED) is 0.0122. The summed E-state index contributed by atoms with van der Waals surface area (Å²) < 4.78 is 78.5. The van der Waals surface area contributed by atoms with Crippen molar-refractivity contribution in [2.75, 3.05) is 23.0 Å². The van der Waals surface area contributed by atoms with Crippen molar-refractivity contribution >= 4 is 125 Å². The number of sulfone groups is 1. The van der Waals surface area contributed by atoms with Crippen LogP contribution >= 0.6 is 48.0 Å². The van der Waals surface area contributed by atoms with Gasteiger partial charge < -0.3 is 31.0 Å². The number of azo groups is 2. The van der Waals surface area contributed by atoms with Crippen molar-refractivity contribution in [3.05, 3.63) is 101 Å². The van der Waals surface area contributed by atoms with E-state index in [4.69, 9.17) is 15.8 Å². The summed E-state index contributed by atoms with van der Waals surface area (Å²) in [6.45, 7) is 3.15. The van der Waals surface area contributed by atoms with Crippen LogP contribution in [0, 0.1) is 13.8 Å². The summed E-state index contributed by atoms with van der Waals surface area (Å²) in [4.78, 5) is 12.7. The van der Waals surface area contributed by atoms with Crippen LogP contribution in [0.1, 0.15) is 11.1 Å². The zero-order chi connectivity index (χ0) is 46.6. The number of hydrogen-bond donors (Lipinski definition) is 2. The van der Waals surface area contributed by atoms with Gasteiger partial charge in [-0.05, 0) is 115 Å². The van der Waals surface area contributed by atoms with Crippen molar-refractivity contribution in [2.45, 2.75) is 33.4 Å². The van der Waals surface area contributed by atoms with Crippen molar-refractivity contribution in [3.63, 3.8) is 0 Å². The van der Waals surface area contributed by atoms with Gasteiger partial charge in [-0.25, -0.2) is 16.8 Å². The molecule has 0 atom stereocenters. The summed E-state index contributed by atoms with van der Waals surface area (Å²) in [5.74, 6) is -0.362. The molecule has 34 heteroatoms. The van der Waals surface area contributed by atoms with Gasteiger partial charge in [-0.15, -0.1) is 14.6 Å². The summed E-state index contributed by atoms with van der Waals surface area (Å²) in [6, 6.07) is 20.8. The van der Waals surface area contributed by atoms with E-state index in [0.29, 0.717) is 79.3 Å². The van der Waals surface area contributed by atoms with E-state index in [1.807, 2.05) is 0 Å². The van der Waals surface area contributed by atoms with Gasteiger partial charge in [0.25, 0.3) is 0 Å². The van der Waals surface area contributed by atoms with E-state index in [2.05, 4.69) is 74.2 Å². The molecule has 0 aliphatic rings. The molecular weight excluding hydrogens is 1070 g/mol. The molecule has 0 aliphatic heterocycles. The molecule has 24 nitrogen and oxygen atoms in total. The fourth-order valence-corrected chi connectivity index (χ4v) is 8.45. The molecular formula is C35H26ClN9Na4O15S5. The van der Waals surface area contributed by atoms with Gasteiger partial charge in [0, 0.05) is 31.9 Å². The van der Waals surface area contributed by atoms with Crippen molar-refractivity contribution in [1.29, 1.82) is 0 Å². The largest absolute Gasteiger partial charge is 1.00 e. The van der Waals surface area contributed by atoms with Crippen LogP contribution in [0.2, 0.25) is 5.28 Å². The van der Waals surface area contributed by atoms with Crippen molar-refractivity contribution in [1.82, 2.24) is 15.0 Å². The molecule has 1 aromatic heterocycles. The van der Waals surface area contributed by atoms with Crippen LogP contribution in [0.25, 0.3) is 10.8 Å². The van der Waals surface area contributed by atoms with Crippen LogP contribution < -0.4 is 145 Å². The van der Waals surface area contributed by atoms with Crippen LogP contribution in [-0.4, -0.2) is 48.7 Å².